The Hall–Kier alpha value is -2.37. The molecule has 1 aliphatic rings. The fourth-order valence-electron chi connectivity index (χ4n) is 3.21. The van der Waals surface area contributed by atoms with Crippen molar-refractivity contribution in [1.29, 1.82) is 0 Å². The first kappa shape index (κ1) is 21.9. The minimum atomic E-state index is -0.439. The van der Waals surface area contributed by atoms with Crippen LogP contribution in [0.4, 0.5) is 4.79 Å². The van der Waals surface area contributed by atoms with E-state index in [-0.39, 0.29) is 12.0 Å². The van der Waals surface area contributed by atoms with Crippen molar-refractivity contribution in [2.24, 2.45) is 5.92 Å². The molecule has 0 atom stereocenters. The van der Waals surface area contributed by atoms with Gasteiger partial charge in [0, 0.05) is 38.1 Å². The Labute approximate surface area is 168 Å². The van der Waals surface area contributed by atoms with Crippen LogP contribution < -0.4 is 5.32 Å². The first-order chi connectivity index (χ1) is 13.3. The predicted molar refractivity (Wildman–Crippen MR) is 111 cm³/mol. The van der Waals surface area contributed by atoms with Crippen molar-refractivity contribution in [1.82, 2.24) is 15.2 Å². The van der Waals surface area contributed by atoms with Crippen molar-refractivity contribution in [2.45, 2.75) is 58.5 Å². The van der Waals surface area contributed by atoms with Crippen molar-refractivity contribution in [3.05, 3.63) is 36.2 Å². The molecule has 0 bridgehead atoms. The summed E-state index contributed by atoms with van der Waals surface area (Å²) in [6.07, 6.45) is 11.8. The molecule has 0 saturated carbocycles. The van der Waals surface area contributed by atoms with Crippen LogP contribution in [0.5, 0.6) is 0 Å². The Bertz CT molecular complexity index is 645. The lowest BCUT2D eigenvalue weighted by Crippen LogP contribution is -2.41. The summed E-state index contributed by atoms with van der Waals surface area (Å²) in [5, 5.41) is 2.92. The Morgan fingerprint density at radius 1 is 1.29 bits per heavy atom. The first-order valence-electron chi connectivity index (χ1n) is 10.2. The standard InChI is InChI=1S/C22H33N3O3/c1-22(2,3)28-21(27)25-15-11-18(12-16-25)7-4-5-14-24-20(26)10-9-19-8-6-13-23-17-19/h6,8-10,13,17-18H,4-5,7,11-12,14-16H2,1-3H3,(H,24,26)/b10-9+. The number of hydrogen-bond acceptors (Lipinski definition) is 4. The van der Waals surface area contributed by atoms with Gasteiger partial charge >= 0.3 is 6.09 Å². The lowest BCUT2D eigenvalue weighted by Gasteiger charge is -2.33. The minimum Gasteiger partial charge on any atom is -0.444 e. The Kier molecular flexibility index (Phi) is 8.48. The van der Waals surface area contributed by atoms with E-state index in [0.29, 0.717) is 12.5 Å². The molecule has 1 aliphatic heterocycles. The molecule has 1 N–H and O–H groups in total. The van der Waals surface area contributed by atoms with Crippen LogP contribution in [0.15, 0.2) is 30.6 Å². The van der Waals surface area contributed by atoms with Crippen molar-refractivity contribution < 1.29 is 14.3 Å². The number of carbonyl (C=O) groups is 2. The molecule has 0 spiro atoms. The summed E-state index contributed by atoms with van der Waals surface area (Å²) >= 11 is 0. The highest BCUT2D eigenvalue weighted by atomic mass is 16.6. The largest absolute Gasteiger partial charge is 0.444 e. The number of hydrogen-bond donors (Lipinski definition) is 1. The summed E-state index contributed by atoms with van der Waals surface area (Å²) < 4.78 is 5.43. The van der Waals surface area contributed by atoms with Gasteiger partial charge in [0.05, 0.1) is 0 Å². The quantitative estimate of drug-likeness (QED) is 0.566. The van der Waals surface area contributed by atoms with Gasteiger partial charge in [-0.1, -0.05) is 18.9 Å². The van der Waals surface area contributed by atoms with Gasteiger partial charge in [0.25, 0.3) is 0 Å². The van der Waals surface area contributed by atoms with E-state index in [1.165, 1.54) is 0 Å². The second-order valence-electron chi connectivity index (χ2n) is 8.32. The number of piperidine rings is 1. The predicted octanol–water partition coefficient (Wildman–Crippen LogP) is 4.03. The highest BCUT2D eigenvalue weighted by Crippen LogP contribution is 2.23. The third-order valence-electron chi connectivity index (χ3n) is 4.72. The molecule has 1 fully saturated rings. The summed E-state index contributed by atoms with van der Waals surface area (Å²) in [7, 11) is 0. The number of carbonyl (C=O) groups excluding carboxylic acids is 2. The van der Waals surface area contributed by atoms with E-state index in [2.05, 4.69) is 10.3 Å². The SMILES string of the molecule is CC(C)(C)OC(=O)N1CCC(CCCCNC(=O)/C=C/c2cccnc2)CC1. The zero-order valence-electron chi connectivity index (χ0n) is 17.3. The van der Waals surface area contributed by atoms with Crippen molar-refractivity contribution in [3.8, 4) is 0 Å². The summed E-state index contributed by atoms with van der Waals surface area (Å²) in [4.78, 5) is 29.7. The number of unbranched alkanes of at least 4 members (excludes halogenated alkanes) is 1. The smallest absolute Gasteiger partial charge is 0.410 e. The van der Waals surface area contributed by atoms with Crippen LogP contribution in [0.3, 0.4) is 0 Å². The second-order valence-corrected chi connectivity index (χ2v) is 8.32. The van der Waals surface area contributed by atoms with Gasteiger partial charge in [0.2, 0.25) is 5.91 Å². The Morgan fingerprint density at radius 2 is 2.04 bits per heavy atom. The van der Waals surface area contributed by atoms with Crippen LogP contribution in [0.25, 0.3) is 6.08 Å². The van der Waals surface area contributed by atoms with E-state index in [0.717, 1.165) is 50.8 Å². The minimum absolute atomic E-state index is 0.0745. The van der Waals surface area contributed by atoms with E-state index in [4.69, 9.17) is 4.74 Å². The van der Waals surface area contributed by atoms with Crippen LogP contribution >= 0.6 is 0 Å². The summed E-state index contributed by atoms with van der Waals surface area (Å²) in [6.45, 7) is 7.92. The maximum absolute atomic E-state index is 12.1. The lowest BCUT2D eigenvalue weighted by atomic mass is 9.92. The van der Waals surface area contributed by atoms with Gasteiger partial charge in [-0.25, -0.2) is 4.79 Å². The average Bonchev–Trinajstić information content (AvgIpc) is 2.66. The number of likely N-dealkylation sites (tertiary alicyclic amines) is 1. The average molecular weight is 388 g/mol. The molecule has 2 heterocycles. The van der Waals surface area contributed by atoms with Crippen LogP contribution in [-0.4, -0.2) is 47.1 Å². The van der Waals surface area contributed by atoms with Gasteiger partial charge in [-0.3, -0.25) is 9.78 Å². The third-order valence-corrected chi connectivity index (χ3v) is 4.72. The topological polar surface area (TPSA) is 71.5 Å². The first-order valence-corrected chi connectivity index (χ1v) is 10.2. The molecule has 0 radical (unpaired) electrons. The van der Waals surface area contributed by atoms with Crippen molar-refractivity contribution in [2.75, 3.05) is 19.6 Å². The number of rotatable bonds is 7. The molecule has 2 rings (SSSR count). The van der Waals surface area contributed by atoms with E-state index >= 15 is 0 Å². The lowest BCUT2D eigenvalue weighted by molar-refractivity contribution is -0.116. The zero-order valence-corrected chi connectivity index (χ0v) is 17.3. The molecule has 0 aliphatic carbocycles. The summed E-state index contributed by atoms with van der Waals surface area (Å²) in [6, 6.07) is 3.75. The number of pyridine rings is 1. The number of nitrogens with zero attached hydrogens (tertiary/aromatic N) is 2. The van der Waals surface area contributed by atoms with E-state index in [1.807, 2.05) is 37.8 Å². The van der Waals surface area contributed by atoms with Crippen LogP contribution in [-0.2, 0) is 9.53 Å². The fraction of sp³-hybridized carbons (Fsp3) is 0.591. The molecular formula is C22H33N3O3. The van der Waals surface area contributed by atoms with Gasteiger partial charge in [0.1, 0.15) is 5.60 Å². The Balaban J connectivity index is 1.54. The van der Waals surface area contributed by atoms with Gasteiger partial charge < -0.3 is 15.0 Å². The van der Waals surface area contributed by atoms with Gasteiger partial charge in [0.15, 0.2) is 0 Å². The van der Waals surface area contributed by atoms with Crippen molar-refractivity contribution in [3.63, 3.8) is 0 Å². The normalized spacial score (nSPS) is 15.6. The summed E-state index contributed by atoms with van der Waals surface area (Å²) in [5.41, 5.74) is 0.473. The molecular weight excluding hydrogens is 354 g/mol. The van der Waals surface area contributed by atoms with E-state index in [1.54, 1.807) is 24.5 Å². The van der Waals surface area contributed by atoms with E-state index in [9.17, 15) is 9.59 Å². The van der Waals surface area contributed by atoms with Gasteiger partial charge in [-0.05, 0) is 63.7 Å². The number of aromatic nitrogens is 1. The number of nitrogens with one attached hydrogen (secondary N) is 1. The third kappa shape index (κ3) is 8.55. The molecule has 6 nitrogen and oxygen atoms in total. The molecule has 6 heteroatoms. The van der Waals surface area contributed by atoms with Gasteiger partial charge in [-0.15, -0.1) is 0 Å². The van der Waals surface area contributed by atoms with Gasteiger partial charge in [-0.2, -0.15) is 0 Å². The maximum atomic E-state index is 12.1. The summed E-state index contributed by atoms with van der Waals surface area (Å²) in [5.74, 6) is 0.578. The monoisotopic (exact) mass is 387 g/mol. The van der Waals surface area contributed by atoms with E-state index < -0.39 is 5.60 Å². The molecule has 28 heavy (non-hydrogen) atoms. The van der Waals surface area contributed by atoms with Crippen LogP contribution in [0.1, 0.15) is 58.4 Å². The molecule has 1 saturated heterocycles. The zero-order chi connectivity index (χ0) is 20.4. The van der Waals surface area contributed by atoms with Crippen LogP contribution in [0.2, 0.25) is 0 Å². The fourth-order valence-corrected chi connectivity index (χ4v) is 3.21. The molecule has 0 unspecified atom stereocenters. The highest BCUT2D eigenvalue weighted by molar-refractivity contribution is 5.91. The molecule has 1 aromatic heterocycles. The second kappa shape index (κ2) is 10.8. The molecule has 0 aromatic carbocycles. The molecule has 154 valence electrons. The number of ether oxygens (including phenoxy) is 1. The van der Waals surface area contributed by atoms with Crippen molar-refractivity contribution >= 4 is 18.1 Å². The highest BCUT2D eigenvalue weighted by Gasteiger charge is 2.26. The number of amides is 2. The molecule has 2 amide bonds. The Morgan fingerprint density at radius 3 is 2.68 bits per heavy atom. The maximum Gasteiger partial charge on any atom is 0.410 e. The van der Waals surface area contributed by atoms with Crippen LogP contribution in [0, 0.1) is 5.92 Å². The molecule has 1 aromatic rings.